The first-order chi connectivity index (χ1) is 10.1. The summed E-state index contributed by atoms with van der Waals surface area (Å²) in [6, 6.07) is 17.9. The Hall–Kier alpha value is -1.73. The molecule has 3 nitrogen and oxygen atoms in total. The second kappa shape index (κ2) is 5.95. The number of benzene rings is 2. The number of halogens is 1. The van der Waals surface area contributed by atoms with Crippen molar-refractivity contribution in [1.29, 1.82) is 0 Å². The summed E-state index contributed by atoms with van der Waals surface area (Å²) in [5, 5.41) is 4.33. The molecule has 1 heterocycles. The average Bonchev–Trinajstić information content (AvgIpc) is 2.46. The van der Waals surface area contributed by atoms with E-state index in [4.69, 9.17) is 18.0 Å². The lowest BCUT2D eigenvalue weighted by Gasteiger charge is -2.12. The molecular weight excluding hydrogens is 393 g/mol. The third kappa shape index (κ3) is 3.14. The second-order valence-corrected chi connectivity index (χ2v) is 6.26. The minimum atomic E-state index is 0.335. The molecule has 0 saturated heterocycles. The largest absolute Gasteiger partial charge is 0.389 e. The Balaban J connectivity index is 2.11. The van der Waals surface area contributed by atoms with Gasteiger partial charge in [0.1, 0.15) is 10.8 Å². The van der Waals surface area contributed by atoms with Crippen LogP contribution in [-0.4, -0.2) is 9.97 Å². The van der Waals surface area contributed by atoms with Crippen LogP contribution in [0.3, 0.4) is 0 Å². The Kier molecular flexibility index (Phi) is 4.03. The van der Waals surface area contributed by atoms with Crippen molar-refractivity contribution in [3.63, 3.8) is 0 Å². The molecule has 0 radical (unpaired) electrons. The van der Waals surface area contributed by atoms with Gasteiger partial charge in [0.15, 0.2) is 0 Å². The van der Waals surface area contributed by atoms with Crippen LogP contribution in [0.25, 0.3) is 10.9 Å². The molecule has 0 fully saturated rings. The van der Waals surface area contributed by atoms with Gasteiger partial charge in [-0.25, -0.2) is 4.98 Å². The molecule has 1 aromatic heterocycles. The van der Waals surface area contributed by atoms with Gasteiger partial charge < -0.3 is 11.1 Å². The van der Waals surface area contributed by atoms with Crippen LogP contribution in [0.15, 0.2) is 54.6 Å². The summed E-state index contributed by atoms with van der Waals surface area (Å²) >= 11 is 7.42. The average molecular weight is 405 g/mol. The summed E-state index contributed by atoms with van der Waals surface area (Å²) in [4.78, 5) is 4.97. The normalized spacial score (nSPS) is 10.5. The Morgan fingerprint density at radius 3 is 2.67 bits per heavy atom. The van der Waals surface area contributed by atoms with Crippen LogP contribution in [0.2, 0.25) is 0 Å². The topological polar surface area (TPSA) is 50.9 Å². The monoisotopic (exact) mass is 405 g/mol. The minimum Gasteiger partial charge on any atom is -0.389 e. The molecule has 0 aliphatic rings. The van der Waals surface area contributed by atoms with Gasteiger partial charge in [0, 0.05) is 14.6 Å². The maximum Gasteiger partial charge on any atom is 0.141 e. The molecule has 3 aromatic rings. The van der Waals surface area contributed by atoms with Crippen molar-refractivity contribution in [3.8, 4) is 0 Å². The van der Waals surface area contributed by atoms with Crippen LogP contribution in [0.4, 0.5) is 11.5 Å². The Bertz CT molecular complexity index is 833. The number of nitrogens with zero attached hydrogens (tertiary/aromatic N) is 1. The Morgan fingerprint density at radius 1 is 1.10 bits per heavy atom. The molecule has 0 unspecified atom stereocenters. The van der Waals surface area contributed by atoms with Crippen LogP contribution in [0, 0.1) is 3.57 Å². The molecule has 21 heavy (non-hydrogen) atoms. The highest BCUT2D eigenvalue weighted by atomic mass is 127. The molecular formula is C16H12IN3S. The highest BCUT2D eigenvalue weighted by Crippen LogP contribution is 2.24. The molecule has 0 aliphatic carbocycles. The summed E-state index contributed by atoms with van der Waals surface area (Å²) in [7, 11) is 0. The first kappa shape index (κ1) is 14.2. The first-order valence-corrected chi connectivity index (χ1v) is 7.84. The zero-order valence-corrected chi connectivity index (χ0v) is 14.0. The zero-order chi connectivity index (χ0) is 14.8. The van der Waals surface area contributed by atoms with Gasteiger partial charge in [0.2, 0.25) is 0 Å². The standard InChI is InChI=1S/C16H12IN3S/c17-11-5-3-6-12(9-11)19-16-13(15(18)21)8-10-4-1-2-7-14(10)20-16/h1-9H,(H2,18,21)(H,19,20). The number of pyridine rings is 1. The minimum absolute atomic E-state index is 0.335. The third-order valence-corrected chi connectivity index (χ3v) is 3.97. The lowest BCUT2D eigenvalue weighted by atomic mass is 10.1. The molecule has 104 valence electrons. The quantitative estimate of drug-likeness (QED) is 0.506. The van der Waals surface area contributed by atoms with Crippen molar-refractivity contribution in [2.24, 2.45) is 5.73 Å². The van der Waals surface area contributed by atoms with Crippen LogP contribution in [-0.2, 0) is 0 Å². The predicted molar refractivity (Wildman–Crippen MR) is 100 cm³/mol. The summed E-state index contributed by atoms with van der Waals surface area (Å²) in [5.41, 5.74) is 8.46. The van der Waals surface area contributed by atoms with E-state index in [1.54, 1.807) is 0 Å². The van der Waals surface area contributed by atoms with Crippen LogP contribution < -0.4 is 11.1 Å². The van der Waals surface area contributed by atoms with E-state index in [0.717, 1.165) is 25.7 Å². The van der Waals surface area contributed by atoms with Gasteiger partial charge in [0.25, 0.3) is 0 Å². The van der Waals surface area contributed by atoms with E-state index < -0.39 is 0 Å². The number of nitrogens with two attached hydrogens (primary N) is 1. The summed E-state index contributed by atoms with van der Waals surface area (Å²) in [6.07, 6.45) is 0. The fraction of sp³-hybridized carbons (Fsp3) is 0. The third-order valence-electron chi connectivity index (χ3n) is 3.08. The number of nitrogens with one attached hydrogen (secondary N) is 1. The maximum absolute atomic E-state index is 5.84. The van der Waals surface area contributed by atoms with Crippen molar-refractivity contribution < 1.29 is 0 Å². The number of para-hydroxylation sites is 1. The molecule has 0 spiro atoms. The van der Waals surface area contributed by atoms with E-state index in [1.165, 1.54) is 0 Å². The molecule has 0 saturated carbocycles. The molecule has 0 aliphatic heterocycles. The molecule has 3 N–H and O–H groups in total. The van der Waals surface area contributed by atoms with Gasteiger partial charge in [-0.1, -0.05) is 36.5 Å². The van der Waals surface area contributed by atoms with E-state index in [1.807, 2.05) is 54.6 Å². The molecule has 5 heteroatoms. The van der Waals surface area contributed by atoms with E-state index >= 15 is 0 Å². The number of fused-ring (bicyclic) bond motifs is 1. The maximum atomic E-state index is 5.84. The first-order valence-electron chi connectivity index (χ1n) is 6.36. The van der Waals surface area contributed by atoms with Gasteiger partial charge in [0.05, 0.1) is 11.1 Å². The molecule has 3 rings (SSSR count). The van der Waals surface area contributed by atoms with Crippen LogP contribution in [0.1, 0.15) is 5.56 Å². The van der Waals surface area contributed by atoms with E-state index in [2.05, 4.69) is 32.9 Å². The summed E-state index contributed by atoms with van der Waals surface area (Å²) in [5.74, 6) is 0.684. The number of rotatable bonds is 3. The van der Waals surface area contributed by atoms with Gasteiger partial charge in [-0.05, 0) is 52.9 Å². The highest BCUT2D eigenvalue weighted by Gasteiger charge is 2.09. The number of anilines is 2. The van der Waals surface area contributed by atoms with E-state index in [9.17, 15) is 0 Å². The van der Waals surface area contributed by atoms with E-state index in [0.29, 0.717) is 10.8 Å². The van der Waals surface area contributed by atoms with Crippen LogP contribution >= 0.6 is 34.8 Å². The molecule has 2 aromatic carbocycles. The molecule has 0 atom stereocenters. The van der Waals surface area contributed by atoms with Gasteiger partial charge >= 0.3 is 0 Å². The van der Waals surface area contributed by atoms with Crippen molar-refractivity contribution in [2.45, 2.75) is 0 Å². The van der Waals surface area contributed by atoms with Crippen molar-refractivity contribution in [3.05, 3.63) is 63.7 Å². The molecule has 0 amide bonds. The highest BCUT2D eigenvalue weighted by molar-refractivity contribution is 14.1. The zero-order valence-electron chi connectivity index (χ0n) is 11.0. The van der Waals surface area contributed by atoms with Crippen molar-refractivity contribution >= 4 is 62.2 Å². The van der Waals surface area contributed by atoms with Crippen molar-refractivity contribution in [1.82, 2.24) is 4.98 Å². The number of thiocarbonyl (C=S) groups is 1. The Morgan fingerprint density at radius 2 is 1.90 bits per heavy atom. The fourth-order valence-corrected chi connectivity index (χ4v) is 2.80. The number of aromatic nitrogens is 1. The number of hydrogen-bond acceptors (Lipinski definition) is 3. The second-order valence-electron chi connectivity index (χ2n) is 4.58. The van der Waals surface area contributed by atoms with Crippen molar-refractivity contribution in [2.75, 3.05) is 5.32 Å². The smallest absolute Gasteiger partial charge is 0.141 e. The number of hydrogen-bond donors (Lipinski definition) is 2. The van der Waals surface area contributed by atoms with Gasteiger partial charge in [-0.3, -0.25) is 0 Å². The van der Waals surface area contributed by atoms with E-state index in [-0.39, 0.29) is 0 Å². The van der Waals surface area contributed by atoms with Gasteiger partial charge in [-0.2, -0.15) is 0 Å². The lowest BCUT2D eigenvalue weighted by molar-refractivity contribution is 1.35. The predicted octanol–water partition coefficient (Wildman–Crippen LogP) is 4.22. The van der Waals surface area contributed by atoms with Crippen LogP contribution in [0.5, 0.6) is 0 Å². The Labute approximate surface area is 141 Å². The molecule has 0 bridgehead atoms. The fourth-order valence-electron chi connectivity index (χ4n) is 2.10. The SMILES string of the molecule is NC(=S)c1cc2ccccc2nc1Nc1cccc(I)c1. The van der Waals surface area contributed by atoms with Gasteiger partial charge in [-0.15, -0.1) is 0 Å². The summed E-state index contributed by atoms with van der Waals surface area (Å²) < 4.78 is 1.15. The lowest BCUT2D eigenvalue weighted by Crippen LogP contribution is -2.13. The summed E-state index contributed by atoms with van der Waals surface area (Å²) in [6.45, 7) is 0.